The minimum absolute atomic E-state index is 0.441. The predicted molar refractivity (Wildman–Crippen MR) is 67.6 cm³/mol. The maximum absolute atomic E-state index is 6.09. The first-order chi connectivity index (χ1) is 8.06. The smallest absolute Gasteiger partial charge is 0.223 e. The Kier molecular flexibility index (Phi) is 3.54. The summed E-state index contributed by atoms with van der Waals surface area (Å²) in [4.78, 5) is 4.08. The first-order valence-corrected chi connectivity index (χ1v) is 5.80. The van der Waals surface area contributed by atoms with Crippen molar-refractivity contribution in [3.8, 4) is 0 Å². The van der Waals surface area contributed by atoms with Crippen molar-refractivity contribution in [2.45, 2.75) is 20.4 Å². The third-order valence-electron chi connectivity index (χ3n) is 2.25. The lowest BCUT2D eigenvalue weighted by Crippen LogP contribution is -2.02. The first-order valence-electron chi connectivity index (χ1n) is 5.05. The molecular formula is C11H11Cl2N3O. The third kappa shape index (κ3) is 2.90. The van der Waals surface area contributed by atoms with Gasteiger partial charge in [-0.15, -0.1) is 0 Å². The van der Waals surface area contributed by atoms with Gasteiger partial charge in [0.25, 0.3) is 0 Å². The van der Waals surface area contributed by atoms with Crippen molar-refractivity contribution in [3.63, 3.8) is 0 Å². The maximum Gasteiger partial charge on any atom is 0.223 e. The molecule has 0 unspecified atom stereocenters. The number of rotatable bonds is 3. The molecule has 0 fully saturated rings. The van der Waals surface area contributed by atoms with E-state index in [0.29, 0.717) is 28.3 Å². The van der Waals surface area contributed by atoms with Gasteiger partial charge in [-0.05, 0) is 24.6 Å². The van der Waals surface area contributed by atoms with Crippen LogP contribution in [-0.4, -0.2) is 10.1 Å². The van der Waals surface area contributed by atoms with Crippen LogP contribution >= 0.6 is 23.2 Å². The molecule has 0 aliphatic rings. The van der Waals surface area contributed by atoms with E-state index in [1.54, 1.807) is 13.0 Å². The fourth-order valence-electron chi connectivity index (χ4n) is 1.37. The molecule has 90 valence electrons. The van der Waals surface area contributed by atoms with Crippen molar-refractivity contribution >= 4 is 28.9 Å². The number of halogens is 2. The van der Waals surface area contributed by atoms with Crippen molar-refractivity contribution in [2.75, 3.05) is 5.32 Å². The Morgan fingerprint density at radius 2 is 2.00 bits per heavy atom. The van der Waals surface area contributed by atoms with Gasteiger partial charge < -0.3 is 9.84 Å². The Hall–Kier alpha value is -1.26. The number of aryl methyl sites for hydroxylation is 2. The molecule has 0 amide bonds. The second-order valence-corrected chi connectivity index (χ2v) is 4.48. The van der Waals surface area contributed by atoms with Crippen molar-refractivity contribution < 1.29 is 4.52 Å². The van der Waals surface area contributed by atoms with Gasteiger partial charge in [-0.3, -0.25) is 0 Å². The zero-order valence-corrected chi connectivity index (χ0v) is 10.9. The average Bonchev–Trinajstić information content (AvgIpc) is 2.68. The summed E-state index contributed by atoms with van der Waals surface area (Å²) in [5.74, 6) is 1.12. The molecule has 1 N–H and O–H groups in total. The van der Waals surface area contributed by atoms with Crippen LogP contribution < -0.4 is 5.32 Å². The van der Waals surface area contributed by atoms with E-state index in [1.807, 2.05) is 13.0 Å². The van der Waals surface area contributed by atoms with Crippen molar-refractivity contribution in [1.29, 1.82) is 0 Å². The van der Waals surface area contributed by atoms with Crippen LogP contribution in [0, 0.1) is 13.8 Å². The van der Waals surface area contributed by atoms with Gasteiger partial charge in [-0.25, -0.2) is 0 Å². The molecule has 1 aromatic carbocycles. The zero-order chi connectivity index (χ0) is 12.4. The van der Waals surface area contributed by atoms with Gasteiger partial charge in [-0.2, -0.15) is 4.98 Å². The summed E-state index contributed by atoms with van der Waals surface area (Å²) >= 11 is 12.1. The molecule has 0 bridgehead atoms. The Balaban J connectivity index is 2.11. The lowest BCUT2D eigenvalue weighted by Gasteiger charge is -2.08. The molecule has 2 rings (SSSR count). The highest BCUT2D eigenvalue weighted by molar-refractivity contribution is 6.35. The van der Waals surface area contributed by atoms with Crippen molar-refractivity contribution in [2.24, 2.45) is 0 Å². The molecule has 4 nitrogen and oxygen atoms in total. The summed E-state index contributed by atoms with van der Waals surface area (Å²) < 4.78 is 4.87. The summed E-state index contributed by atoms with van der Waals surface area (Å²) in [5.41, 5.74) is 1.70. The molecule has 1 heterocycles. The molecule has 0 atom stereocenters. The van der Waals surface area contributed by atoms with Crippen LogP contribution in [0.1, 0.15) is 17.3 Å². The zero-order valence-electron chi connectivity index (χ0n) is 9.42. The number of anilines is 1. The Bertz CT molecular complexity index is 540. The van der Waals surface area contributed by atoms with E-state index in [-0.39, 0.29) is 0 Å². The SMILES string of the molecule is Cc1nc(CNc2cc(Cl)c(C)cc2Cl)no1. The maximum atomic E-state index is 6.09. The Morgan fingerprint density at radius 3 is 2.65 bits per heavy atom. The molecule has 6 heteroatoms. The topological polar surface area (TPSA) is 51.0 Å². The fourth-order valence-corrected chi connectivity index (χ4v) is 1.82. The molecule has 2 aromatic rings. The van der Waals surface area contributed by atoms with E-state index in [9.17, 15) is 0 Å². The standard InChI is InChI=1S/C11H11Cl2N3O/c1-6-3-9(13)10(4-8(6)12)14-5-11-15-7(2)17-16-11/h3-4,14H,5H2,1-2H3. The number of benzene rings is 1. The van der Waals surface area contributed by atoms with Crippen molar-refractivity contribution in [3.05, 3.63) is 39.5 Å². The van der Waals surface area contributed by atoms with Gasteiger partial charge in [0, 0.05) is 11.9 Å². The van der Waals surface area contributed by atoms with Crippen LogP contribution in [-0.2, 0) is 6.54 Å². The van der Waals surface area contributed by atoms with Crippen LogP contribution in [0.3, 0.4) is 0 Å². The van der Waals surface area contributed by atoms with Crippen LogP contribution in [0.4, 0.5) is 5.69 Å². The highest BCUT2D eigenvalue weighted by Crippen LogP contribution is 2.28. The predicted octanol–water partition coefficient (Wildman–Crippen LogP) is 3.61. The number of nitrogens with one attached hydrogen (secondary N) is 1. The lowest BCUT2D eigenvalue weighted by atomic mass is 10.2. The molecular weight excluding hydrogens is 261 g/mol. The van der Waals surface area contributed by atoms with Gasteiger partial charge in [0.15, 0.2) is 5.82 Å². The summed E-state index contributed by atoms with van der Waals surface area (Å²) in [6, 6.07) is 3.60. The second kappa shape index (κ2) is 4.94. The number of hydrogen-bond donors (Lipinski definition) is 1. The van der Waals surface area contributed by atoms with Gasteiger partial charge in [0.05, 0.1) is 17.3 Å². The summed E-state index contributed by atoms with van der Waals surface area (Å²) in [7, 11) is 0. The highest BCUT2D eigenvalue weighted by Gasteiger charge is 2.06. The minimum atomic E-state index is 0.441. The number of hydrogen-bond acceptors (Lipinski definition) is 4. The second-order valence-electron chi connectivity index (χ2n) is 3.66. The summed E-state index contributed by atoms with van der Waals surface area (Å²) in [5, 5.41) is 8.17. The first kappa shape index (κ1) is 12.2. The molecule has 0 radical (unpaired) electrons. The van der Waals surface area contributed by atoms with E-state index < -0.39 is 0 Å². The lowest BCUT2D eigenvalue weighted by molar-refractivity contribution is 0.388. The molecule has 0 aliphatic heterocycles. The van der Waals surface area contributed by atoms with E-state index in [4.69, 9.17) is 27.7 Å². The molecule has 1 aromatic heterocycles. The van der Waals surface area contributed by atoms with Crippen molar-refractivity contribution in [1.82, 2.24) is 10.1 Å². The van der Waals surface area contributed by atoms with Crippen LogP contribution in [0.2, 0.25) is 10.0 Å². The van der Waals surface area contributed by atoms with Crippen LogP contribution in [0.15, 0.2) is 16.7 Å². The fraction of sp³-hybridized carbons (Fsp3) is 0.273. The molecule has 0 aliphatic carbocycles. The number of nitrogens with zero attached hydrogens (tertiary/aromatic N) is 2. The molecule has 17 heavy (non-hydrogen) atoms. The van der Waals surface area contributed by atoms with Gasteiger partial charge in [0.1, 0.15) is 0 Å². The highest BCUT2D eigenvalue weighted by atomic mass is 35.5. The van der Waals surface area contributed by atoms with E-state index in [1.165, 1.54) is 0 Å². The van der Waals surface area contributed by atoms with E-state index in [2.05, 4.69) is 15.5 Å². The third-order valence-corrected chi connectivity index (χ3v) is 2.97. The van der Waals surface area contributed by atoms with E-state index in [0.717, 1.165) is 11.3 Å². The van der Waals surface area contributed by atoms with E-state index >= 15 is 0 Å². The average molecular weight is 272 g/mol. The summed E-state index contributed by atoms with van der Waals surface area (Å²) in [6.45, 7) is 4.09. The molecule has 0 saturated carbocycles. The van der Waals surface area contributed by atoms with Gasteiger partial charge in [-0.1, -0.05) is 28.4 Å². The largest absolute Gasteiger partial charge is 0.376 e. The monoisotopic (exact) mass is 271 g/mol. The Labute approximate surface area is 109 Å². The summed E-state index contributed by atoms with van der Waals surface area (Å²) in [6.07, 6.45) is 0. The minimum Gasteiger partial charge on any atom is -0.376 e. The Morgan fingerprint density at radius 1 is 1.24 bits per heavy atom. The van der Waals surface area contributed by atoms with Gasteiger partial charge in [0.2, 0.25) is 5.89 Å². The molecule has 0 saturated heterocycles. The van der Waals surface area contributed by atoms with Gasteiger partial charge >= 0.3 is 0 Å². The van der Waals surface area contributed by atoms with Crippen LogP contribution in [0.5, 0.6) is 0 Å². The normalized spacial score (nSPS) is 10.6. The number of aromatic nitrogens is 2. The molecule has 0 spiro atoms. The van der Waals surface area contributed by atoms with Crippen LogP contribution in [0.25, 0.3) is 0 Å². The quantitative estimate of drug-likeness (QED) is 0.927.